The van der Waals surface area contributed by atoms with Gasteiger partial charge < -0.3 is 14.4 Å². The summed E-state index contributed by atoms with van der Waals surface area (Å²) in [6, 6.07) is 5.15. The predicted octanol–water partition coefficient (Wildman–Crippen LogP) is 3.35. The molecule has 1 fully saturated rings. The molecule has 1 saturated heterocycles. The van der Waals surface area contributed by atoms with E-state index in [2.05, 4.69) is 25.3 Å². The highest BCUT2D eigenvalue weighted by Crippen LogP contribution is 2.30. The summed E-state index contributed by atoms with van der Waals surface area (Å²) in [5, 5.41) is 10.6. The van der Waals surface area contributed by atoms with Crippen LogP contribution in [-0.4, -0.2) is 47.1 Å². The molecule has 0 atom stereocenters. The minimum atomic E-state index is -3.36. The van der Waals surface area contributed by atoms with Gasteiger partial charge in [-0.2, -0.15) is 0 Å². The van der Waals surface area contributed by atoms with E-state index < -0.39 is 20.7 Å². The third-order valence-corrected chi connectivity index (χ3v) is 7.46. The largest absolute Gasteiger partial charge is 0.388 e. The Bertz CT molecular complexity index is 949. The number of rotatable bonds is 5. The lowest BCUT2D eigenvalue weighted by molar-refractivity contribution is -0.0727. The molecular weight excluding hydrogens is 376 g/mol. The molecule has 2 heterocycles. The van der Waals surface area contributed by atoms with Crippen molar-refractivity contribution in [2.24, 2.45) is 5.41 Å². The Labute approximate surface area is 167 Å². The average molecular weight is 409 g/mol. The Kier molecular flexibility index (Phi) is 5.64. The molecule has 1 aromatic carbocycles. The number of hydrogen-bond donors (Lipinski definition) is 1. The number of aromatic nitrogens is 2. The Balaban J connectivity index is 2.10. The fourth-order valence-corrected chi connectivity index (χ4v) is 4.68. The second-order valence-electron chi connectivity index (χ2n) is 9.43. The van der Waals surface area contributed by atoms with Crippen LogP contribution in [0.15, 0.2) is 23.1 Å². The van der Waals surface area contributed by atoms with E-state index in [0.717, 1.165) is 17.8 Å². The first-order valence-electron chi connectivity index (χ1n) is 9.95. The zero-order valence-corrected chi connectivity index (χ0v) is 18.3. The molecule has 28 heavy (non-hydrogen) atoms. The maximum atomic E-state index is 12.6. The molecule has 7 heteroatoms. The molecule has 1 aliphatic rings. The zero-order chi connectivity index (χ0) is 20.7. The molecule has 0 radical (unpaired) electrons. The van der Waals surface area contributed by atoms with E-state index in [4.69, 9.17) is 9.72 Å². The summed E-state index contributed by atoms with van der Waals surface area (Å²) in [5.41, 5.74) is 0.712. The van der Waals surface area contributed by atoms with Gasteiger partial charge in [0.2, 0.25) is 0 Å². The first-order valence-corrected chi connectivity index (χ1v) is 11.5. The summed E-state index contributed by atoms with van der Waals surface area (Å²) in [4.78, 5) is 5.08. The Morgan fingerprint density at radius 1 is 1.25 bits per heavy atom. The van der Waals surface area contributed by atoms with E-state index in [1.807, 2.05) is 6.07 Å². The standard InChI is InChI=1S/C21H32N2O4S/c1-15(2)28(25,26)16-6-7-18-17(12-16)22-19(13-20(3,4)5)23(18)14-21(24)8-10-27-11-9-21/h6-7,12,15,24H,8-11,13-14H2,1-5H3. The SMILES string of the molecule is CC(C)S(=O)(=O)c1ccc2c(c1)nc(CC(C)(C)C)n2CC1(O)CCOCC1. The molecule has 156 valence electrons. The molecule has 0 spiro atoms. The lowest BCUT2D eigenvalue weighted by atomic mass is 9.91. The van der Waals surface area contributed by atoms with Gasteiger partial charge >= 0.3 is 0 Å². The molecule has 0 unspecified atom stereocenters. The molecule has 6 nitrogen and oxygen atoms in total. The van der Waals surface area contributed by atoms with Crippen LogP contribution in [0.3, 0.4) is 0 Å². The quantitative estimate of drug-likeness (QED) is 0.820. The fraction of sp³-hybridized carbons (Fsp3) is 0.667. The number of fused-ring (bicyclic) bond motifs is 1. The van der Waals surface area contributed by atoms with Crippen LogP contribution in [0, 0.1) is 5.41 Å². The van der Waals surface area contributed by atoms with Crippen molar-refractivity contribution in [1.29, 1.82) is 0 Å². The summed E-state index contributed by atoms with van der Waals surface area (Å²) in [6.45, 7) is 11.3. The summed E-state index contributed by atoms with van der Waals surface area (Å²) in [5.74, 6) is 0.876. The number of ether oxygens (including phenoxy) is 1. The van der Waals surface area contributed by atoms with Crippen LogP contribution >= 0.6 is 0 Å². The number of benzene rings is 1. The minimum absolute atomic E-state index is 0.0181. The molecular formula is C21H32N2O4S. The average Bonchev–Trinajstić information content (AvgIpc) is 2.89. The lowest BCUT2D eigenvalue weighted by Crippen LogP contribution is -2.40. The number of sulfone groups is 1. The summed E-state index contributed by atoms with van der Waals surface area (Å²) >= 11 is 0. The molecule has 1 aromatic heterocycles. The van der Waals surface area contributed by atoms with Gasteiger partial charge in [0.15, 0.2) is 9.84 Å². The van der Waals surface area contributed by atoms with Gasteiger partial charge in [-0.25, -0.2) is 13.4 Å². The number of aliphatic hydroxyl groups is 1. The molecule has 0 aliphatic carbocycles. The highest BCUT2D eigenvalue weighted by atomic mass is 32.2. The Morgan fingerprint density at radius 2 is 1.89 bits per heavy atom. The van der Waals surface area contributed by atoms with Crippen molar-refractivity contribution in [2.75, 3.05) is 13.2 Å². The summed E-state index contributed by atoms with van der Waals surface area (Å²) in [7, 11) is -3.36. The van der Waals surface area contributed by atoms with Gasteiger partial charge in [0.1, 0.15) is 5.82 Å². The fourth-order valence-electron chi connectivity index (χ4n) is 3.60. The van der Waals surface area contributed by atoms with Gasteiger partial charge in [0, 0.05) is 32.5 Å². The molecule has 1 aliphatic heterocycles. The maximum Gasteiger partial charge on any atom is 0.180 e. The van der Waals surface area contributed by atoms with Crippen LogP contribution in [0.1, 0.15) is 53.3 Å². The third kappa shape index (κ3) is 4.42. The smallest absolute Gasteiger partial charge is 0.180 e. The van der Waals surface area contributed by atoms with E-state index in [0.29, 0.717) is 43.0 Å². The molecule has 0 bridgehead atoms. The van der Waals surface area contributed by atoms with Crippen LogP contribution < -0.4 is 0 Å². The van der Waals surface area contributed by atoms with Gasteiger partial charge in [-0.05, 0) is 37.5 Å². The van der Waals surface area contributed by atoms with Gasteiger partial charge in [0.05, 0.1) is 33.3 Å². The maximum absolute atomic E-state index is 12.6. The van der Waals surface area contributed by atoms with Crippen LogP contribution in [0.25, 0.3) is 11.0 Å². The number of imidazole rings is 1. The van der Waals surface area contributed by atoms with Crippen molar-refractivity contribution < 1.29 is 18.3 Å². The van der Waals surface area contributed by atoms with Gasteiger partial charge in [-0.3, -0.25) is 0 Å². The van der Waals surface area contributed by atoms with Crippen LogP contribution in [0.2, 0.25) is 0 Å². The highest BCUT2D eigenvalue weighted by molar-refractivity contribution is 7.92. The van der Waals surface area contributed by atoms with Crippen molar-refractivity contribution in [3.63, 3.8) is 0 Å². The van der Waals surface area contributed by atoms with Crippen molar-refractivity contribution >= 4 is 20.9 Å². The summed E-state index contributed by atoms with van der Waals surface area (Å²) in [6.07, 6.45) is 1.91. The molecule has 1 N–H and O–H groups in total. The monoisotopic (exact) mass is 408 g/mol. The summed E-state index contributed by atoms with van der Waals surface area (Å²) < 4.78 is 32.6. The van der Waals surface area contributed by atoms with Gasteiger partial charge in [0.25, 0.3) is 0 Å². The van der Waals surface area contributed by atoms with Gasteiger partial charge in [-0.15, -0.1) is 0 Å². The Morgan fingerprint density at radius 3 is 2.46 bits per heavy atom. The number of nitrogens with zero attached hydrogens (tertiary/aromatic N) is 2. The predicted molar refractivity (Wildman–Crippen MR) is 110 cm³/mol. The van der Waals surface area contributed by atoms with E-state index in [-0.39, 0.29) is 5.41 Å². The molecule has 0 saturated carbocycles. The van der Waals surface area contributed by atoms with E-state index >= 15 is 0 Å². The number of hydrogen-bond acceptors (Lipinski definition) is 5. The molecule has 0 amide bonds. The lowest BCUT2D eigenvalue weighted by Gasteiger charge is -2.33. The van der Waals surface area contributed by atoms with Crippen molar-refractivity contribution in [1.82, 2.24) is 9.55 Å². The first kappa shape index (κ1) is 21.3. The normalized spacial score (nSPS) is 18.1. The second kappa shape index (κ2) is 7.43. The second-order valence-corrected chi connectivity index (χ2v) is 11.9. The van der Waals surface area contributed by atoms with Crippen LogP contribution in [0.5, 0.6) is 0 Å². The van der Waals surface area contributed by atoms with Crippen molar-refractivity contribution in [3.8, 4) is 0 Å². The topological polar surface area (TPSA) is 81.4 Å². The van der Waals surface area contributed by atoms with Gasteiger partial charge in [-0.1, -0.05) is 20.8 Å². The van der Waals surface area contributed by atoms with Crippen molar-refractivity contribution in [3.05, 3.63) is 24.0 Å². The van der Waals surface area contributed by atoms with Crippen LogP contribution in [0.4, 0.5) is 0 Å². The van der Waals surface area contributed by atoms with Crippen molar-refractivity contribution in [2.45, 2.75) is 76.2 Å². The Hall–Kier alpha value is -1.44. The van der Waals surface area contributed by atoms with Crippen LogP contribution in [-0.2, 0) is 27.5 Å². The highest BCUT2D eigenvalue weighted by Gasteiger charge is 2.32. The minimum Gasteiger partial charge on any atom is -0.388 e. The molecule has 2 aromatic rings. The van der Waals surface area contributed by atoms with E-state index in [9.17, 15) is 13.5 Å². The zero-order valence-electron chi connectivity index (χ0n) is 17.5. The van der Waals surface area contributed by atoms with E-state index in [1.54, 1.807) is 26.0 Å². The first-order chi connectivity index (χ1) is 12.9. The molecule has 3 rings (SSSR count). The third-order valence-electron chi connectivity index (χ3n) is 5.31. The van der Waals surface area contributed by atoms with E-state index in [1.165, 1.54) is 0 Å².